The Bertz CT molecular complexity index is 952. The van der Waals surface area contributed by atoms with Gasteiger partial charge in [0.05, 0.1) is 21.2 Å². The molecule has 0 unspecified atom stereocenters. The van der Waals surface area contributed by atoms with Crippen molar-refractivity contribution in [3.8, 4) is 0 Å². The largest absolute Gasteiger partial charge is 0.274 e. The number of amides is 2. The second kappa shape index (κ2) is 6.31. The van der Waals surface area contributed by atoms with E-state index in [1.54, 1.807) is 12.1 Å². The molecule has 0 fully saturated rings. The second-order valence-electron chi connectivity index (χ2n) is 5.31. The number of imide groups is 1. The molecule has 2 aromatic carbocycles. The predicted octanol–water partition coefficient (Wildman–Crippen LogP) is 4.25. The topological polar surface area (TPSA) is 80.5 Å². The van der Waals surface area contributed by atoms with Crippen LogP contribution in [0.5, 0.6) is 0 Å². The Morgan fingerprint density at radius 3 is 2.36 bits per heavy atom. The molecule has 1 aliphatic heterocycles. The van der Waals surface area contributed by atoms with Crippen molar-refractivity contribution in [2.75, 3.05) is 4.90 Å². The summed E-state index contributed by atoms with van der Waals surface area (Å²) in [5.74, 6) is -1.02. The molecule has 0 spiro atoms. The van der Waals surface area contributed by atoms with Crippen LogP contribution in [0.2, 0.25) is 5.02 Å². The Labute approximate surface area is 152 Å². The summed E-state index contributed by atoms with van der Waals surface area (Å²) in [4.78, 5) is 35.8. The lowest BCUT2D eigenvalue weighted by molar-refractivity contribution is -0.384. The van der Waals surface area contributed by atoms with Gasteiger partial charge in [0, 0.05) is 29.6 Å². The minimum Gasteiger partial charge on any atom is -0.274 e. The standard InChI is InChI=1S/C17H10Cl2N2O4/c1-9(22)20-14-8-11(18)4-7-13(14)15(17(20)23)16(19)10-2-5-12(6-3-10)21(24)25/h2-8H,1H3/b16-15+. The van der Waals surface area contributed by atoms with E-state index in [4.69, 9.17) is 23.2 Å². The van der Waals surface area contributed by atoms with E-state index in [0.29, 0.717) is 21.8 Å². The summed E-state index contributed by atoms with van der Waals surface area (Å²) in [7, 11) is 0. The molecule has 25 heavy (non-hydrogen) atoms. The van der Waals surface area contributed by atoms with E-state index in [-0.39, 0.29) is 16.3 Å². The third kappa shape index (κ3) is 2.90. The molecule has 0 aromatic heterocycles. The van der Waals surface area contributed by atoms with Gasteiger partial charge in [-0.05, 0) is 29.8 Å². The van der Waals surface area contributed by atoms with Crippen molar-refractivity contribution in [2.45, 2.75) is 6.92 Å². The van der Waals surface area contributed by atoms with Gasteiger partial charge in [-0.3, -0.25) is 19.7 Å². The Morgan fingerprint density at radius 1 is 1.16 bits per heavy atom. The van der Waals surface area contributed by atoms with Crippen LogP contribution >= 0.6 is 23.2 Å². The SMILES string of the molecule is CC(=O)N1C(=O)/C(=C(/Cl)c2ccc([N+](=O)[O-])cc2)c2ccc(Cl)cc21. The fourth-order valence-electron chi connectivity index (χ4n) is 2.64. The summed E-state index contributed by atoms with van der Waals surface area (Å²) in [5.41, 5.74) is 1.33. The first-order chi connectivity index (χ1) is 11.8. The lowest BCUT2D eigenvalue weighted by Gasteiger charge is -2.12. The molecule has 0 atom stereocenters. The maximum atomic E-state index is 12.7. The van der Waals surface area contributed by atoms with E-state index in [0.717, 1.165) is 4.90 Å². The zero-order valence-corrected chi connectivity index (χ0v) is 14.3. The van der Waals surface area contributed by atoms with E-state index in [1.807, 2.05) is 0 Å². The summed E-state index contributed by atoms with van der Waals surface area (Å²) in [6.07, 6.45) is 0. The number of halogens is 2. The highest BCUT2D eigenvalue weighted by molar-refractivity contribution is 6.60. The van der Waals surface area contributed by atoms with Crippen molar-refractivity contribution in [3.05, 3.63) is 68.7 Å². The van der Waals surface area contributed by atoms with Crippen molar-refractivity contribution in [2.24, 2.45) is 0 Å². The Hall–Kier alpha value is -2.70. The number of nitrogens with zero attached hydrogens (tertiary/aromatic N) is 2. The van der Waals surface area contributed by atoms with Crippen LogP contribution in [0.4, 0.5) is 11.4 Å². The van der Waals surface area contributed by atoms with Gasteiger partial charge in [-0.2, -0.15) is 0 Å². The molecule has 0 bridgehead atoms. The number of nitro benzene ring substituents is 1. The molecule has 2 aromatic rings. The third-order valence-corrected chi connectivity index (χ3v) is 4.40. The Morgan fingerprint density at radius 2 is 1.80 bits per heavy atom. The van der Waals surface area contributed by atoms with Crippen LogP contribution in [-0.2, 0) is 9.59 Å². The quantitative estimate of drug-likeness (QED) is 0.445. The van der Waals surface area contributed by atoms with Crippen LogP contribution in [0.15, 0.2) is 42.5 Å². The van der Waals surface area contributed by atoms with Crippen molar-refractivity contribution >= 4 is 57.0 Å². The molecule has 1 aliphatic rings. The maximum absolute atomic E-state index is 12.7. The minimum atomic E-state index is -0.562. The van der Waals surface area contributed by atoms with Gasteiger partial charge >= 0.3 is 0 Å². The van der Waals surface area contributed by atoms with Gasteiger partial charge in [0.1, 0.15) is 0 Å². The molecule has 6 nitrogen and oxygen atoms in total. The minimum absolute atomic E-state index is 0.0893. The number of fused-ring (bicyclic) bond motifs is 1. The van der Waals surface area contributed by atoms with Gasteiger partial charge in [0.25, 0.3) is 11.6 Å². The summed E-state index contributed by atoms with van der Waals surface area (Å²) >= 11 is 12.4. The highest BCUT2D eigenvalue weighted by atomic mass is 35.5. The zero-order chi connectivity index (χ0) is 18.3. The van der Waals surface area contributed by atoms with Gasteiger partial charge in [-0.25, -0.2) is 4.90 Å². The average Bonchev–Trinajstić information content (AvgIpc) is 2.85. The van der Waals surface area contributed by atoms with E-state index in [1.165, 1.54) is 37.3 Å². The highest BCUT2D eigenvalue weighted by Gasteiger charge is 2.37. The smallest absolute Gasteiger partial charge is 0.269 e. The van der Waals surface area contributed by atoms with Crippen molar-refractivity contribution in [1.82, 2.24) is 0 Å². The van der Waals surface area contributed by atoms with E-state index in [2.05, 4.69) is 0 Å². The molecule has 0 N–H and O–H groups in total. The summed E-state index contributed by atoms with van der Waals surface area (Å²) in [6.45, 7) is 1.27. The molecular weight excluding hydrogens is 367 g/mol. The number of hydrogen-bond acceptors (Lipinski definition) is 4. The predicted molar refractivity (Wildman–Crippen MR) is 95.4 cm³/mol. The van der Waals surface area contributed by atoms with Crippen LogP contribution in [0.1, 0.15) is 18.1 Å². The number of carbonyl (C=O) groups excluding carboxylic acids is 2. The number of benzene rings is 2. The molecule has 3 rings (SSSR count). The molecule has 126 valence electrons. The van der Waals surface area contributed by atoms with Crippen LogP contribution in [0.3, 0.4) is 0 Å². The number of rotatable bonds is 2. The summed E-state index contributed by atoms with van der Waals surface area (Å²) in [6, 6.07) is 10.2. The van der Waals surface area contributed by atoms with Crippen molar-refractivity contribution in [1.29, 1.82) is 0 Å². The van der Waals surface area contributed by atoms with E-state index >= 15 is 0 Å². The normalized spacial score (nSPS) is 15.2. The lowest BCUT2D eigenvalue weighted by atomic mass is 10.0. The lowest BCUT2D eigenvalue weighted by Crippen LogP contribution is -2.31. The molecule has 0 saturated carbocycles. The fourth-order valence-corrected chi connectivity index (χ4v) is 3.11. The number of nitro groups is 1. The number of hydrogen-bond donors (Lipinski definition) is 0. The van der Waals surface area contributed by atoms with Gasteiger partial charge in [-0.1, -0.05) is 29.3 Å². The maximum Gasteiger partial charge on any atom is 0.269 e. The Balaban J connectivity index is 2.18. The van der Waals surface area contributed by atoms with Crippen LogP contribution in [0.25, 0.3) is 10.6 Å². The molecule has 0 saturated heterocycles. The molecule has 1 heterocycles. The van der Waals surface area contributed by atoms with Crippen LogP contribution < -0.4 is 4.90 Å². The summed E-state index contributed by atoms with van der Waals surface area (Å²) in [5, 5.41) is 11.2. The third-order valence-electron chi connectivity index (χ3n) is 3.75. The van der Waals surface area contributed by atoms with Crippen LogP contribution in [0, 0.1) is 10.1 Å². The molecule has 0 aliphatic carbocycles. The van der Waals surface area contributed by atoms with Crippen molar-refractivity contribution in [3.63, 3.8) is 0 Å². The molecular formula is C17H10Cl2N2O4. The first kappa shape index (κ1) is 17.1. The first-order valence-corrected chi connectivity index (χ1v) is 7.86. The number of anilines is 1. The summed E-state index contributed by atoms with van der Waals surface area (Å²) < 4.78 is 0. The average molecular weight is 377 g/mol. The number of carbonyl (C=O) groups is 2. The van der Waals surface area contributed by atoms with Crippen molar-refractivity contribution < 1.29 is 14.5 Å². The van der Waals surface area contributed by atoms with Crippen LogP contribution in [-0.4, -0.2) is 16.7 Å². The Kier molecular flexibility index (Phi) is 4.32. The molecule has 2 amide bonds. The van der Waals surface area contributed by atoms with E-state index < -0.39 is 16.7 Å². The molecule has 0 radical (unpaired) electrons. The zero-order valence-electron chi connectivity index (χ0n) is 12.8. The van der Waals surface area contributed by atoms with E-state index in [9.17, 15) is 19.7 Å². The fraction of sp³-hybridized carbons (Fsp3) is 0.0588. The van der Waals surface area contributed by atoms with Gasteiger partial charge in [0.2, 0.25) is 5.91 Å². The number of non-ortho nitro benzene ring substituents is 1. The van der Waals surface area contributed by atoms with Gasteiger partial charge in [0.15, 0.2) is 0 Å². The highest BCUT2D eigenvalue weighted by Crippen LogP contribution is 2.43. The second-order valence-corrected chi connectivity index (χ2v) is 6.13. The monoisotopic (exact) mass is 376 g/mol. The van der Waals surface area contributed by atoms with Gasteiger partial charge < -0.3 is 0 Å². The molecule has 8 heteroatoms. The first-order valence-electron chi connectivity index (χ1n) is 7.11. The van der Waals surface area contributed by atoms with Gasteiger partial charge in [-0.15, -0.1) is 0 Å².